The first-order chi connectivity index (χ1) is 10.4. The van der Waals surface area contributed by atoms with E-state index in [0.717, 1.165) is 25.1 Å². The highest BCUT2D eigenvalue weighted by Gasteiger charge is 2.16. The third kappa shape index (κ3) is 3.31. The van der Waals surface area contributed by atoms with Gasteiger partial charge < -0.3 is 5.32 Å². The van der Waals surface area contributed by atoms with Crippen molar-refractivity contribution in [2.45, 2.75) is 25.8 Å². The Labute approximate surface area is 129 Å². The van der Waals surface area contributed by atoms with E-state index in [1.165, 1.54) is 15.6 Å². The van der Waals surface area contributed by atoms with Gasteiger partial charge in [0.1, 0.15) is 0 Å². The summed E-state index contributed by atoms with van der Waals surface area (Å²) in [4.78, 5) is 4.48. The van der Waals surface area contributed by atoms with Crippen molar-refractivity contribution < 1.29 is 0 Å². The summed E-state index contributed by atoms with van der Waals surface area (Å²) in [6.07, 6.45) is 3.94. The minimum Gasteiger partial charge on any atom is -0.310 e. The summed E-state index contributed by atoms with van der Waals surface area (Å²) in [5.74, 6) is 0. The second kappa shape index (κ2) is 6.83. The number of rotatable bonds is 6. The number of fused-ring (bicyclic) bond motifs is 1. The minimum atomic E-state index is 0.330. The minimum absolute atomic E-state index is 0.330. The number of hydrogen-bond acceptors (Lipinski definition) is 3. The highest BCUT2D eigenvalue weighted by Crippen LogP contribution is 2.31. The SMILES string of the molecule is CCCNC(Cc1ccccn1)c1csc2ccccc12. The number of thiophene rings is 1. The van der Waals surface area contributed by atoms with Crippen LogP contribution in [0.4, 0.5) is 0 Å². The zero-order valence-corrected chi connectivity index (χ0v) is 13.1. The molecule has 0 aliphatic rings. The van der Waals surface area contributed by atoms with E-state index in [-0.39, 0.29) is 0 Å². The van der Waals surface area contributed by atoms with Gasteiger partial charge in [-0.15, -0.1) is 11.3 Å². The third-order valence-corrected chi connectivity index (χ3v) is 4.65. The van der Waals surface area contributed by atoms with Gasteiger partial charge in [0.15, 0.2) is 0 Å². The average molecular weight is 296 g/mol. The van der Waals surface area contributed by atoms with Crippen LogP contribution in [0.2, 0.25) is 0 Å². The molecule has 3 aromatic rings. The third-order valence-electron chi connectivity index (χ3n) is 3.67. The first-order valence-corrected chi connectivity index (χ1v) is 8.36. The lowest BCUT2D eigenvalue weighted by Crippen LogP contribution is -2.24. The van der Waals surface area contributed by atoms with Crippen molar-refractivity contribution in [1.82, 2.24) is 10.3 Å². The molecule has 2 nitrogen and oxygen atoms in total. The van der Waals surface area contributed by atoms with Crippen molar-refractivity contribution in [2.24, 2.45) is 0 Å². The molecular formula is C18H20N2S. The molecule has 0 aliphatic heterocycles. The summed E-state index contributed by atoms with van der Waals surface area (Å²) in [6, 6.07) is 15.1. The van der Waals surface area contributed by atoms with Crippen LogP contribution in [0.1, 0.15) is 30.6 Å². The molecule has 1 atom stereocenters. The van der Waals surface area contributed by atoms with Crippen molar-refractivity contribution in [2.75, 3.05) is 6.54 Å². The summed E-state index contributed by atoms with van der Waals surface area (Å²) in [7, 11) is 0. The lowest BCUT2D eigenvalue weighted by Gasteiger charge is -2.18. The van der Waals surface area contributed by atoms with Crippen molar-refractivity contribution >= 4 is 21.4 Å². The standard InChI is InChI=1S/C18H20N2S/c1-2-10-20-17(12-14-7-5-6-11-19-14)16-13-21-18-9-4-3-8-15(16)18/h3-9,11,13,17,20H,2,10,12H2,1H3. The van der Waals surface area contributed by atoms with Crippen LogP contribution in [0.15, 0.2) is 54.0 Å². The van der Waals surface area contributed by atoms with Crippen LogP contribution in [0.25, 0.3) is 10.1 Å². The Morgan fingerprint density at radius 3 is 2.81 bits per heavy atom. The molecule has 0 fully saturated rings. The second-order valence-corrected chi connectivity index (χ2v) is 6.13. The first-order valence-electron chi connectivity index (χ1n) is 7.48. The summed E-state index contributed by atoms with van der Waals surface area (Å²) in [5, 5.41) is 7.34. The van der Waals surface area contributed by atoms with E-state index in [2.05, 4.69) is 59.0 Å². The van der Waals surface area contributed by atoms with E-state index >= 15 is 0 Å². The number of benzene rings is 1. The fourth-order valence-corrected chi connectivity index (χ4v) is 3.62. The van der Waals surface area contributed by atoms with E-state index in [0.29, 0.717) is 6.04 Å². The van der Waals surface area contributed by atoms with Crippen molar-refractivity contribution in [3.05, 3.63) is 65.3 Å². The second-order valence-electron chi connectivity index (χ2n) is 5.22. The molecule has 1 aromatic carbocycles. The fourth-order valence-electron chi connectivity index (χ4n) is 2.61. The van der Waals surface area contributed by atoms with Crippen molar-refractivity contribution in [3.8, 4) is 0 Å². The van der Waals surface area contributed by atoms with Crippen molar-refractivity contribution in [3.63, 3.8) is 0 Å². The number of aromatic nitrogens is 1. The summed E-state index contributed by atoms with van der Waals surface area (Å²) < 4.78 is 1.36. The van der Waals surface area contributed by atoms with Gasteiger partial charge in [-0.25, -0.2) is 0 Å². The monoisotopic (exact) mass is 296 g/mol. The van der Waals surface area contributed by atoms with Gasteiger partial charge in [0, 0.05) is 29.1 Å². The smallest absolute Gasteiger partial charge is 0.0422 e. The number of nitrogens with one attached hydrogen (secondary N) is 1. The molecule has 2 aromatic heterocycles. The number of pyridine rings is 1. The molecule has 3 rings (SSSR count). The van der Waals surface area contributed by atoms with Gasteiger partial charge in [0.2, 0.25) is 0 Å². The molecule has 108 valence electrons. The largest absolute Gasteiger partial charge is 0.310 e. The van der Waals surface area contributed by atoms with Gasteiger partial charge in [-0.1, -0.05) is 31.2 Å². The number of hydrogen-bond donors (Lipinski definition) is 1. The topological polar surface area (TPSA) is 24.9 Å². The molecule has 0 bridgehead atoms. The van der Waals surface area contributed by atoms with Gasteiger partial charge in [-0.2, -0.15) is 0 Å². The highest BCUT2D eigenvalue weighted by molar-refractivity contribution is 7.17. The molecule has 1 N–H and O–H groups in total. The zero-order valence-electron chi connectivity index (χ0n) is 12.3. The quantitative estimate of drug-likeness (QED) is 0.720. The summed E-state index contributed by atoms with van der Waals surface area (Å²) in [5.41, 5.74) is 2.54. The van der Waals surface area contributed by atoms with E-state index in [9.17, 15) is 0 Å². The molecule has 0 spiro atoms. The Kier molecular flexibility index (Phi) is 4.63. The van der Waals surface area contributed by atoms with Crippen LogP contribution in [0, 0.1) is 0 Å². The van der Waals surface area contributed by atoms with E-state index < -0.39 is 0 Å². The van der Waals surface area contributed by atoms with E-state index in [1.807, 2.05) is 23.6 Å². The molecule has 3 heteroatoms. The predicted octanol–water partition coefficient (Wildman–Crippen LogP) is 4.58. The van der Waals surface area contributed by atoms with Gasteiger partial charge >= 0.3 is 0 Å². The predicted molar refractivity (Wildman–Crippen MR) is 90.8 cm³/mol. The average Bonchev–Trinajstić information content (AvgIpc) is 2.96. The lowest BCUT2D eigenvalue weighted by molar-refractivity contribution is 0.528. The molecule has 1 unspecified atom stereocenters. The van der Waals surface area contributed by atoms with Crippen LogP contribution >= 0.6 is 11.3 Å². The molecule has 0 saturated heterocycles. The lowest BCUT2D eigenvalue weighted by atomic mass is 10.0. The highest BCUT2D eigenvalue weighted by atomic mass is 32.1. The van der Waals surface area contributed by atoms with Crippen LogP contribution in [0.5, 0.6) is 0 Å². The number of nitrogens with zero attached hydrogens (tertiary/aromatic N) is 1. The van der Waals surface area contributed by atoms with E-state index in [1.54, 1.807) is 0 Å². The molecular weight excluding hydrogens is 276 g/mol. The first kappa shape index (κ1) is 14.2. The van der Waals surface area contributed by atoms with Gasteiger partial charge in [-0.3, -0.25) is 4.98 Å². The maximum absolute atomic E-state index is 4.48. The van der Waals surface area contributed by atoms with Crippen LogP contribution in [-0.2, 0) is 6.42 Å². The fraction of sp³-hybridized carbons (Fsp3) is 0.278. The van der Waals surface area contributed by atoms with Crippen LogP contribution in [-0.4, -0.2) is 11.5 Å². The molecule has 0 amide bonds. The Hall–Kier alpha value is -1.71. The summed E-state index contributed by atoms with van der Waals surface area (Å²) in [6.45, 7) is 3.23. The maximum atomic E-state index is 4.48. The van der Waals surface area contributed by atoms with Gasteiger partial charge in [0.25, 0.3) is 0 Å². The zero-order chi connectivity index (χ0) is 14.5. The Balaban J connectivity index is 1.91. The Bertz CT molecular complexity index is 691. The van der Waals surface area contributed by atoms with Crippen LogP contribution in [0.3, 0.4) is 0 Å². The molecule has 0 saturated carbocycles. The van der Waals surface area contributed by atoms with Crippen molar-refractivity contribution in [1.29, 1.82) is 0 Å². The van der Waals surface area contributed by atoms with E-state index in [4.69, 9.17) is 0 Å². The summed E-state index contributed by atoms with van der Waals surface area (Å²) >= 11 is 1.83. The maximum Gasteiger partial charge on any atom is 0.0422 e. The normalized spacial score (nSPS) is 12.6. The van der Waals surface area contributed by atoms with Gasteiger partial charge in [0.05, 0.1) is 0 Å². The van der Waals surface area contributed by atoms with Gasteiger partial charge in [-0.05, 0) is 47.5 Å². The Morgan fingerprint density at radius 1 is 1.14 bits per heavy atom. The molecule has 0 aliphatic carbocycles. The molecule has 0 radical (unpaired) electrons. The molecule has 21 heavy (non-hydrogen) atoms. The Morgan fingerprint density at radius 2 is 2.00 bits per heavy atom. The molecule has 2 heterocycles. The van der Waals surface area contributed by atoms with Crippen LogP contribution < -0.4 is 5.32 Å².